The third-order valence-electron chi connectivity index (χ3n) is 6.62. The highest BCUT2D eigenvalue weighted by Gasteiger charge is 2.40. The van der Waals surface area contributed by atoms with Crippen molar-refractivity contribution in [1.29, 1.82) is 0 Å². The standard InChI is InChI=1S/C30H37F3N2O4/c1-16(27(36)37)11-19-13-22(31)25(23(32)14-19)26-20-9-10-24(34-28(38)39-29(4,5)6)18(3)21(20)12-17(2)35(26)15-30(7,8)33/h9-11,13-14,17,26H,12,15H2,1-8H3,(H,34,38)(H,36,37)/b16-11+/t17-,26+/m1/s1. The number of nitrogens with one attached hydrogen (secondary N) is 1. The highest BCUT2D eigenvalue weighted by molar-refractivity contribution is 5.91. The second-order valence-corrected chi connectivity index (χ2v) is 11.8. The van der Waals surface area contributed by atoms with E-state index in [1.165, 1.54) is 26.8 Å². The molecular weight excluding hydrogens is 509 g/mol. The molecule has 2 aromatic carbocycles. The molecule has 0 fully saturated rings. The minimum absolute atomic E-state index is 0.0698. The van der Waals surface area contributed by atoms with Crippen LogP contribution in [0.25, 0.3) is 6.08 Å². The predicted molar refractivity (Wildman–Crippen MR) is 146 cm³/mol. The van der Waals surface area contributed by atoms with Gasteiger partial charge >= 0.3 is 12.1 Å². The van der Waals surface area contributed by atoms with Crippen LogP contribution in [0.5, 0.6) is 0 Å². The highest BCUT2D eigenvalue weighted by atomic mass is 19.1. The third-order valence-corrected chi connectivity index (χ3v) is 6.62. The number of ether oxygens (including phenoxy) is 1. The Morgan fingerprint density at radius 3 is 2.26 bits per heavy atom. The topological polar surface area (TPSA) is 78.9 Å². The molecule has 212 valence electrons. The van der Waals surface area contributed by atoms with Gasteiger partial charge in [-0.25, -0.2) is 22.8 Å². The minimum atomic E-state index is -1.65. The number of hydrogen-bond acceptors (Lipinski definition) is 4. The van der Waals surface area contributed by atoms with E-state index in [-0.39, 0.29) is 29.3 Å². The number of fused-ring (bicyclic) bond motifs is 1. The summed E-state index contributed by atoms with van der Waals surface area (Å²) < 4.78 is 51.7. The maximum atomic E-state index is 15.7. The number of hydrogen-bond donors (Lipinski definition) is 2. The normalized spacial score (nSPS) is 18.5. The summed E-state index contributed by atoms with van der Waals surface area (Å²) in [6, 6.07) is 4.29. The monoisotopic (exact) mass is 546 g/mol. The van der Waals surface area contributed by atoms with E-state index in [0.29, 0.717) is 17.7 Å². The van der Waals surface area contributed by atoms with E-state index >= 15 is 8.78 Å². The van der Waals surface area contributed by atoms with Crippen molar-refractivity contribution in [3.8, 4) is 0 Å². The molecule has 0 aliphatic carbocycles. The summed E-state index contributed by atoms with van der Waals surface area (Å²) in [5.74, 6) is -2.92. The van der Waals surface area contributed by atoms with Crippen LogP contribution in [0.1, 0.15) is 82.3 Å². The van der Waals surface area contributed by atoms with Crippen LogP contribution < -0.4 is 5.32 Å². The fourth-order valence-corrected chi connectivity index (χ4v) is 4.96. The average molecular weight is 547 g/mol. The average Bonchev–Trinajstić information content (AvgIpc) is 2.75. The van der Waals surface area contributed by atoms with Crippen LogP contribution in [0.2, 0.25) is 0 Å². The minimum Gasteiger partial charge on any atom is -0.478 e. The Kier molecular flexibility index (Phi) is 8.55. The summed E-state index contributed by atoms with van der Waals surface area (Å²) in [5, 5.41) is 11.9. The largest absolute Gasteiger partial charge is 0.478 e. The lowest BCUT2D eigenvalue weighted by Gasteiger charge is -2.44. The van der Waals surface area contributed by atoms with Gasteiger partial charge < -0.3 is 9.84 Å². The zero-order valence-electron chi connectivity index (χ0n) is 23.7. The van der Waals surface area contributed by atoms with E-state index in [0.717, 1.165) is 23.3 Å². The Morgan fingerprint density at radius 1 is 1.15 bits per heavy atom. The van der Waals surface area contributed by atoms with Crippen molar-refractivity contribution in [2.75, 3.05) is 11.9 Å². The quantitative estimate of drug-likeness (QED) is 0.375. The molecule has 9 heteroatoms. The molecule has 0 unspecified atom stereocenters. The SMILES string of the molecule is C/C(=C\c1cc(F)c([C@@H]2c3ccc(NC(=O)OC(C)(C)C)c(C)c3C[C@@H](C)N2CC(C)(C)F)c(F)c1)C(=O)O. The molecule has 1 heterocycles. The van der Waals surface area contributed by atoms with Crippen molar-refractivity contribution < 1.29 is 32.6 Å². The third kappa shape index (κ3) is 7.20. The molecule has 0 saturated heterocycles. The van der Waals surface area contributed by atoms with E-state index in [9.17, 15) is 14.0 Å². The number of alkyl halides is 1. The van der Waals surface area contributed by atoms with Gasteiger partial charge in [-0.2, -0.15) is 0 Å². The number of halogens is 3. The number of carboxylic acids is 1. The molecule has 0 bridgehead atoms. The number of benzene rings is 2. The van der Waals surface area contributed by atoms with Gasteiger partial charge in [0.15, 0.2) is 0 Å². The van der Waals surface area contributed by atoms with Crippen LogP contribution in [0.3, 0.4) is 0 Å². The molecule has 6 nitrogen and oxygen atoms in total. The van der Waals surface area contributed by atoms with Crippen LogP contribution in [0.4, 0.5) is 23.7 Å². The van der Waals surface area contributed by atoms with Crippen molar-refractivity contribution in [2.24, 2.45) is 0 Å². The molecule has 0 spiro atoms. The van der Waals surface area contributed by atoms with Gasteiger partial charge in [-0.05, 0) is 108 Å². The van der Waals surface area contributed by atoms with Crippen molar-refractivity contribution in [2.45, 2.75) is 85.2 Å². The summed E-state index contributed by atoms with van der Waals surface area (Å²) in [5.41, 5.74) is 0.0693. The molecule has 39 heavy (non-hydrogen) atoms. The molecule has 1 amide bonds. The first-order chi connectivity index (χ1) is 17.9. The molecule has 2 atom stereocenters. The lowest BCUT2D eigenvalue weighted by Crippen LogP contribution is -2.48. The lowest BCUT2D eigenvalue weighted by atomic mass is 9.81. The van der Waals surface area contributed by atoms with Crippen LogP contribution >= 0.6 is 0 Å². The van der Waals surface area contributed by atoms with E-state index in [2.05, 4.69) is 5.32 Å². The van der Waals surface area contributed by atoms with Gasteiger partial charge in [0.2, 0.25) is 0 Å². The molecule has 0 aromatic heterocycles. The number of carbonyl (C=O) groups is 2. The zero-order chi connectivity index (χ0) is 29.4. The van der Waals surface area contributed by atoms with Gasteiger partial charge in [0.05, 0.1) is 6.04 Å². The Hall–Kier alpha value is -3.33. The fourth-order valence-electron chi connectivity index (χ4n) is 4.96. The molecule has 1 aliphatic rings. The van der Waals surface area contributed by atoms with Crippen molar-refractivity contribution >= 4 is 23.8 Å². The summed E-state index contributed by atoms with van der Waals surface area (Å²) in [6.45, 7) is 13.1. The van der Waals surface area contributed by atoms with Gasteiger partial charge in [-0.3, -0.25) is 10.2 Å². The predicted octanol–water partition coefficient (Wildman–Crippen LogP) is 7.19. The van der Waals surface area contributed by atoms with Crippen LogP contribution in [-0.2, 0) is 16.0 Å². The van der Waals surface area contributed by atoms with Crippen LogP contribution in [0, 0.1) is 18.6 Å². The Balaban J connectivity index is 2.17. The molecular formula is C30H37F3N2O4. The van der Waals surface area contributed by atoms with Gasteiger partial charge in [0.1, 0.15) is 22.9 Å². The number of nitrogens with zero attached hydrogens (tertiary/aromatic N) is 1. The van der Waals surface area contributed by atoms with Crippen molar-refractivity contribution in [1.82, 2.24) is 4.90 Å². The molecule has 0 radical (unpaired) electrons. The first-order valence-corrected chi connectivity index (χ1v) is 12.9. The first kappa shape index (κ1) is 30.2. The van der Waals surface area contributed by atoms with E-state index < -0.39 is 41.0 Å². The molecule has 1 aliphatic heterocycles. The summed E-state index contributed by atoms with van der Waals surface area (Å²) in [4.78, 5) is 25.4. The number of aliphatic carboxylic acids is 1. The van der Waals surface area contributed by atoms with Gasteiger partial charge in [0.25, 0.3) is 0 Å². The lowest BCUT2D eigenvalue weighted by molar-refractivity contribution is -0.132. The number of anilines is 1. The molecule has 0 saturated carbocycles. The zero-order valence-corrected chi connectivity index (χ0v) is 23.7. The van der Waals surface area contributed by atoms with Gasteiger partial charge in [0, 0.05) is 29.4 Å². The summed E-state index contributed by atoms with van der Waals surface area (Å²) in [7, 11) is 0. The number of amides is 1. The number of carboxylic acid groups (broad SMARTS) is 1. The van der Waals surface area contributed by atoms with Crippen LogP contribution in [0.15, 0.2) is 29.8 Å². The second kappa shape index (κ2) is 11.0. The second-order valence-electron chi connectivity index (χ2n) is 11.8. The number of carbonyl (C=O) groups excluding carboxylic acids is 1. The maximum absolute atomic E-state index is 15.7. The fraction of sp³-hybridized carbons (Fsp3) is 0.467. The van der Waals surface area contributed by atoms with Crippen molar-refractivity contribution in [3.63, 3.8) is 0 Å². The van der Waals surface area contributed by atoms with E-state index in [1.54, 1.807) is 37.8 Å². The molecule has 3 rings (SSSR count). The van der Waals surface area contributed by atoms with Crippen LogP contribution in [-0.4, -0.2) is 45.9 Å². The highest BCUT2D eigenvalue weighted by Crippen LogP contribution is 2.43. The first-order valence-electron chi connectivity index (χ1n) is 12.9. The van der Waals surface area contributed by atoms with Crippen molar-refractivity contribution in [3.05, 3.63) is 69.3 Å². The van der Waals surface area contributed by atoms with E-state index in [4.69, 9.17) is 9.84 Å². The Labute approximate surface area is 227 Å². The molecule has 2 aromatic rings. The molecule has 2 N–H and O–H groups in total. The number of rotatable bonds is 6. The summed E-state index contributed by atoms with van der Waals surface area (Å²) >= 11 is 0. The smallest absolute Gasteiger partial charge is 0.412 e. The van der Waals surface area contributed by atoms with E-state index in [1.807, 2.05) is 13.8 Å². The Bertz CT molecular complexity index is 1290. The summed E-state index contributed by atoms with van der Waals surface area (Å²) in [6.07, 6.45) is 1.04. The van der Waals surface area contributed by atoms with Gasteiger partial charge in [-0.15, -0.1) is 0 Å². The Morgan fingerprint density at radius 2 is 1.74 bits per heavy atom. The maximum Gasteiger partial charge on any atom is 0.412 e. The van der Waals surface area contributed by atoms with Gasteiger partial charge in [-0.1, -0.05) is 6.07 Å².